The van der Waals surface area contributed by atoms with Crippen molar-refractivity contribution >= 4 is 33.5 Å². The van der Waals surface area contributed by atoms with Crippen LogP contribution in [-0.4, -0.2) is 16.5 Å². The van der Waals surface area contributed by atoms with Gasteiger partial charge in [-0.1, -0.05) is 6.92 Å². The molecule has 0 radical (unpaired) electrons. The lowest BCUT2D eigenvalue weighted by atomic mass is 10.3. The molecule has 0 aliphatic rings. The fourth-order valence-electron chi connectivity index (χ4n) is 0.986. The molecule has 0 bridgehead atoms. The number of hydrogen-bond acceptors (Lipinski definition) is 3. The summed E-state index contributed by atoms with van der Waals surface area (Å²) in [6.07, 6.45) is 5.11. The zero-order chi connectivity index (χ0) is 10.4. The van der Waals surface area contributed by atoms with Gasteiger partial charge in [-0.2, -0.15) is 0 Å². The molecule has 0 aliphatic heterocycles. The molecule has 0 unspecified atom stereocenters. The fourth-order valence-corrected chi connectivity index (χ4v) is 2.32. The summed E-state index contributed by atoms with van der Waals surface area (Å²) in [5.41, 5.74) is 0. The molecule has 0 atom stereocenters. The summed E-state index contributed by atoms with van der Waals surface area (Å²) in [6, 6.07) is 1.97. The predicted octanol–water partition coefficient (Wildman–Crippen LogP) is 3.31. The minimum Gasteiger partial charge on any atom is -0.299 e. The second-order valence-electron chi connectivity index (χ2n) is 2.92. The van der Waals surface area contributed by atoms with E-state index in [1.165, 1.54) is 0 Å². The van der Waals surface area contributed by atoms with Gasteiger partial charge in [0.05, 0.1) is 5.75 Å². The lowest BCUT2D eigenvalue weighted by Crippen LogP contribution is -1.99. The van der Waals surface area contributed by atoms with E-state index in [2.05, 4.69) is 20.9 Å². The van der Waals surface area contributed by atoms with Crippen LogP contribution in [0.25, 0.3) is 0 Å². The SMILES string of the molecule is CCCC(=O)CSc1cncc(Br)c1. The maximum absolute atomic E-state index is 11.2. The lowest BCUT2D eigenvalue weighted by Gasteiger charge is -2.00. The Balaban J connectivity index is 2.41. The molecule has 1 rings (SSSR count). The Bertz CT molecular complexity index is 317. The smallest absolute Gasteiger partial charge is 0.143 e. The maximum atomic E-state index is 11.2. The largest absolute Gasteiger partial charge is 0.299 e. The molecular weight excluding hydrogens is 262 g/mol. The average Bonchev–Trinajstić information content (AvgIpc) is 2.15. The van der Waals surface area contributed by atoms with Gasteiger partial charge >= 0.3 is 0 Å². The highest BCUT2D eigenvalue weighted by atomic mass is 79.9. The topological polar surface area (TPSA) is 30.0 Å². The third-order valence-electron chi connectivity index (χ3n) is 1.61. The number of Topliss-reactive ketones (excluding diaryl/α,β-unsaturated/α-hetero) is 1. The Hall–Kier alpha value is -0.350. The molecule has 0 saturated heterocycles. The Morgan fingerprint density at radius 3 is 3.00 bits per heavy atom. The molecule has 1 heterocycles. The Morgan fingerprint density at radius 2 is 2.36 bits per heavy atom. The van der Waals surface area contributed by atoms with Crippen LogP contribution in [-0.2, 0) is 4.79 Å². The van der Waals surface area contributed by atoms with Crippen molar-refractivity contribution in [2.24, 2.45) is 0 Å². The van der Waals surface area contributed by atoms with Gasteiger partial charge in [0, 0.05) is 28.2 Å². The number of hydrogen-bond donors (Lipinski definition) is 0. The summed E-state index contributed by atoms with van der Waals surface area (Å²) in [5, 5.41) is 0. The Morgan fingerprint density at radius 1 is 1.57 bits per heavy atom. The second kappa shape index (κ2) is 6.19. The summed E-state index contributed by atoms with van der Waals surface area (Å²) in [7, 11) is 0. The van der Waals surface area contributed by atoms with Crippen LogP contribution in [0.15, 0.2) is 27.8 Å². The molecule has 0 amide bonds. The zero-order valence-corrected chi connectivity index (χ0v) is 10.4. The molecule has 1 aromatic rings. The third-order valence-corrected chi connectivity index (χ3v) is 3.07. The number of halogens is 1. The van der Waals surface area contributed by atoms with Gasteiger partial charge in [-0.15, -0.1) is 11.8 Å². The van der Waals surface area contributed by atoms with E-state index in [-0.39, 0.29) is 0 Å². The monoisotopic (exact) mass is 273 g/mol. The molecule has 0 fully saturated rings. The van der Waals surface area contributed by atoms with Gasteiger partial charge in [-0.05, 0) is 28.4 Å². The van der Waals surface area contributed by atoms with E-state index in [1.54, 1.807) is 24.2 Å². The van der Waals surface area contributed by atoms with E-state index in [1.807, 2.05) is 13.0 Å². The van der Waals surface area contributed by atoms with Gasteiger partial charge in [0.15, 0.2) is 0 Å². The highest BCUT2D eigenvalue weighted by molar-refractivity contribution is 9.10. The van der Waals surface area contributed by atoms with Gasteiger partial charge < -0.3 is 0 Å². The number of nitrogens with zero attached hydrogens (tertiary/aromatic N) is 1. The normalized spacial score (nSPS) is 10.1. The summed E-state index contributed by atoms with van der Waals surface area (Å²) >= 11 is 4.88. The lowest BCUT2D eigenvalue weighted by molar-refractivity contribution is -0.116. The molecular formula is C10H12BrNOS. The van der Waals surface area contributed by atoms with Gasteiger partial charge in [0.2, 0.25) is 0 Å². The van der Waals surface area contributed by atoms with Crippen molar-refractivity contribution in [1.82, 2.24) is 4.98 Å². The molecule has 0 spiro atoms. The van der Waals surface area contributed by atoms with Crippen LogP contribution >= 0.6 is 27.7 Å². The minimum absolute atomic E-state index is 0.303. The number of aromatic nitrogens is 1. The van der Waals surface area contributed by atoms with Crippen molar-refractivity contribution in [1.29, 1.82) is 0 Å². The van der Waals surface area contributed by atoms with Gasteiger partial charge in [0.25, 0.3) is 0 Å². The second-order valence-corrected chi connectivity index (χ2v) is 4.88. The van der Waals surface area contributed by atoms with Gasteiger partial charge in [-0.25, -0.2) is 0 Å². The van der Waals surface area contributed by atoms with E-state index < -0.39 is 0 Å². The number of ketones is 1. The van der Waals surface area contributed by atoms with Crippen molar-refractivity contribution in [2.45, 2.75) is 24.7 Å². The molecule has 0 N–H and O–H groups in total. The zero-order valence-electron chi connectivity index (χ0n) is 8.00. The van der Waals surface area contributed by atoms with Crippen molar-refractivity contribution in [3.8, 4) is 0 Å². The quantitative estimate of drug-likeness (QED) is 0.772. The van der Waals surface area contributed by atoms with Crippen LogP contribution in [0.2, 0.25) is 0 Å². The molecule has 0 aromatic carbocycles. The van der Waals surface area contributed by atoms with Crippen LogP contribution in [0.5, 0.6) is 0 Å². The first-order chi connectivity index (χ1) is 6.72. The molecule has 4 heteroatoms. The van der Waals surface area contributed by atoms with Crippen LogP contribution in [0.4, 0.5) is 0 Å². The van der Waals surface area contributed by atoms with E-state index in [4.69, 9.17) is 0 Å². The van der Waals surface area contributed by atoms with Gasteiger partial charge in [-0.3, -0.25) is 9.78 Å². The highest BCUT2D eigenvalue weighted by Gasteiger charge is 2.02. The van der Waals surface area contributed by atoms with Crippen molar-refractivity contribution in [3.63, 3.8) is 0 Å². The summed E-state index contributed by atoms with van der Waals surface area (Å²) < 4.78 is 0.949. The molecule has 1 aromatic heterocycles. The predicted molar refractivity (Wildman–Crippen MR) is 62.6 cm³/mol. The minimum atomic E-state index is 0.303. The first-order valence-corrected chi connectivity index (χ1v) is 6.25. The number of carbonyl (C=O) groups is 1. The summed E-state index contributed by atoms with van der Waals surface area (Å²) in [4.78, 5) is 16.3. The van der Waals surface area contributed by atoms with Crippen LogP contribution in [0, 0.1) is 0 Å². The first kappa shape index (κ1) is 11.7. The van der Waals surface area contributed by atoms with Crippen molar-refractivity contribution in [3.05, 3.63) is 22.9 Å². The molecule has 2 nitrogen and oxygen atoms in total. The van der Waals surface area contributed by atoms with Crippen molar-refractivity contribution < 1.29 is 4.79 Å². The standard InChI is InChI=1S/C10H12BrNOS/c1-2-3-9(13)7-14-10-4-8(11)5-12-6-10/h4-6H,2-3,7H2,1H3. The fraction of sp³-hybridized carbons (Fsp3) is 0.400. The number of rotatable bonds is 5. The van der Waals surface area contributed by atoms with Crippen LogP contribution in [0.3, 0.4) is 0 Å². The average molecular weight is 274 g/mol. The first-order valence-electron chi connectivity index (χ1n) is 4.47. The summed E-state index contributed by atoms with van der Waals surface area (Å²) in [6.45, 7) is 2.02. The molecule has 14 heavy (non-hydrogen) atoms. The van der Waals surface area contributed by atoms with E-state index in [9.17, 15) is 4.79 Å². The van der Waals surface area contributed by atoms with E-state index >= 15 is 0 Å². The Kier molecular flexibility index (Phi) is 5.19. The molecule has 0 saturated carbocycles. The third kappa shape index (κ3) is 4.24. The number of carbonyl (C=O) groups excluding carboxylic acids is 1. The van der Waals surface area contributed by atoms with Gasteiger partial charge in [0.1, 0.15) is 5.78 Å². The van der Waals surface area contributed by atoms with E-state index in [0.29, 0.717) is 18.0 Å². The number of pyridine rings is 1. The summed E-state index contributed by atoms with van der Waals surface area (Å²) in [5.74, 6) is 0.851. The highest BCUT2D eigenvalue weighted by Crippen LogP contribution is 2.20. The van der Waals surface area contributed by atoms with E-state index in [0.717, 1.165) is 15.8 Å². The molecule has 76 valence electrons. The Labute approximate surface area is 96.6 Å². The van der Waals surface area contributed by atoms with Crippen LogP contribution in [0.1, 0.15) is 19.8 Å². The molecule has 0 aliphatic carbocycles. The maximum Gasteiger partial charge on any atom is 0.143 e. The van der Waals surface area contributed by atoms with Crippen LogP contribution < -0.4 is 0 Å². The number of thioether (sulfide) groups is 1. The van der Waals surface area contributed by atoms with Crippen molar-refractivity contribution in [2.75, 3.05) is 5.75 Å².